The van der Waals surface area contributed by atoms with E-state index in [9.17, 15) is 13.6 Å². The number of ether oxygens (including phenoxy) is 3. The average molecular weight is 478 g/mol. The van der Waals surface area contributed by atoms with Gasteiger partial charge in [-0.25, -0.2) is 28.1 Å². The van der Waals surface area contributed by atoms with Crippen molar-refractivity contribution in [3.05, 3.63) is 53.2 Å². The van der Waals surface area contributed by atoms with Crippen molar-refractivity contribution in [3.8, 4) is 5.88 Å². The highest BCUT2D eigenvalue weighted by Gasteiger charge is 2.59. The molecule has 1 aromatic heterocycles. The number of aromatic nitrogens is 2. The highest BCUT2D eigenvalue weighted by atomic mass is 19.1. The lowest BCUT2D eigenvalue weighted by atomic mass is 9.72. The molecule has 0 radical (unpaired) electrons. The van der Waals surface area contributed by atoms with Crippen molar-refractivity contribution in [1.82, 2.24) is 9.97 Å². The summed E-state index contributed by atoms with van der Waals surface area (Å²) < 4.78 is 58.4. The minimum atomic E-state index is -1.66. The van der Waals surface area contributed by atoms with Crippen LogP contribution in [0.3, 0.4) is 0 Å². The molecule has 2 aromatic rings. The molecule has 0 unspecified atom stereocenters. The first kappa shape index (κ1) is 23.9. The van der Waals surface area contributed by atoms with Crippen LogP contribution in [0.15, 0.2) is 35.6 Å². The van der Waals surface area contributed by atoms with Crippen LogP contribution in [0.25, 0.3) is 0 Å². The number of carbonyl (C=O) groups excluding carboxylic acids is 1. The second-order valence-corrected chi connectivity index (χ2v) is 8.31. The molecule has 0 amide bonds. The number of nitrogens with two attached hydrogens (primary N) is 1. The van der Waals surface area contributed by atoms with Gasteiger partial charge in [0.15, 0.2) is 5.78 Å². The molecule has 1 aromatic carbocycles. The Hall–Kier alpha value is -3.21. The minimum absolute atomic E-state index is 0.0181. The van der Waals surface area contributed by atoms with Gasteiger partial charge >= 0.3 is 0 Å². The van der Waals surface area contributed by atoms with Crippen molar-refractivity contribution in [2.45, 2.75) is 50.5 Å². The Bertz CT molecular complexity index is 1080. The molecule has 3 heterocycles. The van der Waals surface area contributed by atoms with E-state index >= 15 is 4.39 Å². The normalized spacial score (nSPS) is 28.1. The summed E-state index contributed by atoms with van der Waals surface area (Å²) in [5, 5.41) is 0. The number of hydrogen-bond donors (Lipinski definition) is 1. The zero-order chi connectivity index (χ0) is 24.5. The van der Waals surface area contributed by atoms with Crippen LogP contribution in [0, 0.1) is 11.7 Å². The van der Waals surface area contributed by atoms with E-state index in [-0.39, 0.29) is 35.7 Å². The van der Waals surface area contributed by atoms with Crippen molar-refractivity contribution in [1.29, 1.82) is 0 Å². The van der Waals surface area contributed by atoms with Gasteiger partial charge in [0.25, 0.3) is 6.02 Å². The molecule has 11 heteroatoms. The van der Waals surface area contributed by atoms with Gasteiger partial charge in [0.2, 0.25) is 12.7 Å². The zero-order valence-electron chi connectivity index (χ0n) is 18.7. The number of carbonyl (C=O) groups is 1. The number of alkyl halides is 2. The molecule has 2 aliphatic heterocycles. The highest BCUT2D eigenvalue weighted by molar-refractivity contribution is 5.95. The maximum Gasteiger partial charge on any atom is 0.283 e. The van der Waals surface area contributed by atoms with Gasteiger partial charge in [0, 0.05) is 12.0 Å². The summed E-state index contributed by atoms with van der Waals surface area (Å²) in [4.78, 5) is 24.7. The molecule has 1 fully saturated rings. The van der Waals surface area contributed by atoms with Crippen molar-refractivity contribution in [3.63, 3.8) is 0 Å². The maximum absolute atomic E-state index is 15.2. The molecule has 182 valence electrons. The van der Waals surface area contributed by atoms with Gasteiger partial charge in [-0.05, 0) is 31.0 Å². The van der Waals surface area contributed by atoms with Crippen LogP contribution in [0.4, 0.5) is 13.2 Å². The van der Waals surface area contributed by atoms with Crippen molar-refractivity contribution in [2.24, 2.45) is 16.6 Å². The average Bonchev–Trinajstić information content (AvgIpc) is 3.16. The fraction of sp³-hybridized carbons (Fsp3) is 0.478. The van der Waals surface area contributed by atoms with Crippen LogP contribution in [0.5, 0.6) is 5.88 Å². The second kappa shape index (κ2) is 9.57. The third kappa shape index (κ3) is 4.20. The summed E-state index contributed by atoms with van der Waals surface area (Å²) in [6, 6.07) is 3.80. The van der Waals surface area contributed by atoms with Crippen LogP contribution in [-0.4, -0.2) is 53.6 Å². The number of ketones is 1. The fourth-order valence-electron chi connectivity index (χ4n) is 4.79. The Morgan fingerprint density at radius 2 is 2.06 bits per heavy atom. The van der Waals surface area contributed by atoms with E-state index < -0.39 is 48.8 Å². The highest BCUT2D eigenvalue weighted by Crippen LogP contribution is 2.49. The van der Waals surface area contributed by atoms with Gasteiger partial charge in [0.05, 0.1) is 30.5 Å². The first-order chi connectivity index (χ1) is 16.3. The SMILES string of the molecule is CC[C@@H]1O[C@H](C)[C@H]2OC(N)=N[C@](CF)(c3cc(CC(=O)c4cnc(OCF)cn4)ccc3F)[C@H]21. The van der Waals surface area contributed by atoms with E-state index in [0.717, 1.165) is 12.4 Å². The number of amidine groups is 1. The number of fused-ring (bicyclic) bond motifs is 1. The van der Waals surface area contributed by atoms with Crippen molar-refractivity contribution in [2.75, 3.05) is 13.5 Å². The Balaban J connectivity index is 1.69. The number of Topliss-reactive ketones (excluding diaryl/α,β-unsaturated/α-hetero) is 1. The molecular weight excluding hydrogens is 453 g/mol. The topological polar surface area (TPSA) is 109 Å². The first-order valence-corrected chi connectivity index (χ1v) is 10.9. The maximum atomic E-state index is 15.2. The van der Waals surface area contributed by atoms with Gasteiger partial charge in [-0.1, -0.05) is 13.0 Å². The zero-order valence-corrected chi connectivity index (χ0v) is 18.7. The summed E-state index contributed by atoms with van der Waals surface area (Å²) in [7, 11) is 0. The van der Waals surface area contributed by atoms with Gasteiger partial charge in [0.1, 0.15) is 29.8 Å². The molecular formula is C23H25F3N4O4. The third-order valence-corrected chi connectivity index (χ3v) is 6.31. The predicted molar refractivity (Wildman–Crippen MR) is 115 cm³/mol. The molecule has 2 N–H and O–H groups in total. The molecule has 0 saturated carbocycles. The summed E-state index contributed by atoms with van der Waals surface area (Å²) in [6.07, 6.45) is 1.30. The number of hydrogen-bond acceptors (Lipinski definition) is 8. The molecule has 1 saturated heterocycles. The molecule has 0 bridgehead atoms. The predicted octanol–water partition coefficient (Wildman–Crippen LogP) is 3.04. The number of aliphatic imine (C=N–C) groups is 1. The largest absolute Gasteiger partial charge is 0.459 e. The lowest BCUT2D eigenvalue weighted by molar-refractivity contribution is 0.0235. The summed E-state index contributed by atoms with van der Waals surface area (Å²) in [6.45, 7) is 1.59. The summed E-state index contributed by atoms with van der Waals surface area (Å²) in [5.74, 6) is -1.76. The van der Waals surface area contributed by atoms with Crippen LogP contribution >= 0.6 is 0 Å². The second-order valence-electron chi connectivity index (χ2n) is 8.31. The van der Waals surface area contributed by atoms with Gasteiger partial charge in [-0.3, -0.25) is 4.79 Å². The fourth-order valence-corrected chi connectivity index (χ4v) is 4.79. The lowest BCUT2D eigenvalue weighted by Gasteiger charge is -2.42. The number of rotatable bonds is 8. The van der Waals surface area contributed by atoms with Gasteiger partial charge in [-0.2, -0.15) is 0 Å². The lowest BCUT2D eigenvalue weighted by Crippen LogP contribution is -2.53. The van der Waals surface area contributed by atoms with E-state index in [2.05, 4.69) is 19.7 Å². The molecule has 34 heavy (non-hydrogen) atoms. The van der Waals surface area contributed by atoms with Crippen LogP contribution in [0.2, 0.25) is 0 Å². The number of benzene rings is 1. The third-order valence-electron chi connectivity index (χ3n) is 6.31. The molecule has 4 rings (SSSR count). The standard InChI is InChI=1S/C23H25F3N4O4/c1-3-18-20-21(12(2)33-18)34-22(27)30-23(20,10-24)14-6-13(4-5-15(14)26)7-17(31)16-8-29-19(9-28-16)32-11-25/h4-6,8-9,12,18,20-21H,3,7,10-11H2,1-2H3,(H2,27,30)/t12-,18+,20+,21-,23-/m1/s1. The van der Waals surface area contributed by atoms with Crippen molar-refractivity contribution < 1.29 is 32.2 Å². The molecule has 2 aliphatic rings. The van der Waals surface area contributed by atoms with Crippen molar-refractivity contribution >= 4 is 11.8 Å². The van der Waals surface area contributed by atoms with Crippen LogP contribution in [-0.2, 0) is 21.4 Å². The van der Waals surface area contributed by atoms with Gasteiger partial charge in [-0.15, -0.1) is 0 Å². The van der Waals surface area contributed by atoms with E-state index in [1.54, 1.807) is 6.92 Å². The molecule has 5 atom stereocenters. The summed E-state index contributed by atoms with van der Waals surface area (Å²) in [5.41, 5.74) is 4.66. The number of nitrogens with zero attached hydrogens (tertiary/aromatic N) is 3. The van der Waals surface area contributed by atoms with E-state index in [1.807, 2.05) is 6.92 Å². The minimum Gasteiger partial charge on any atom is -0.459 e. The molecule has 0 spiro atoms. The first-order valence-electron chi connectivity index (χ1n) is 10.9. The summed E-state index contributed by atoms with van der Waals surface area (Å²) >= 11 is 0. The van der Waals surface area contributed by atoms with E-state index in [4.69, 9.17) is 15.2 Å². The smallest absolute Gasteiger partial charge is 0.283 e. The Morgan fingerprint density at radius 3 is 2.71 bits per heavy atom. The Kier molecular flexibility index (Phi) is 6.74. The molecule has 0 aliphatic carbocycles. The monoisotopic (exact) mass is 478 g/mol. The number of halogens is 3. The van der Waals surface area contributed by atoms with E-state index in [0.29, 0.717) is 12.0 Å². The van der Waals surface area contributed by atoms with E-state index in [1.165, 1.54) is 18.2 Å². The quantitative estimate of drug-likeness (QED) is 0.581. The van der Waals surface area contributed by atoms with Gasteiger partial charge < -0.3 is 19.9 Å². The Morgan fingerprint density at radius 1 is 1.26 bits per heavy atom. The van der Waals surface area contributed by atoms with Crippen LogP contribution < -0.4 is 10.5 Å². The Labute approximate surface area is 194 Å². The molecule has 8 nitrogen and oxygen atoms in total. The van der Waals surface area contributed by atoms with Crippen LogP contribution in [0.1, 0.15) is 41.9 Å².